The molecule has 33 heavy (non-hydrogen) atoms. The Morgan fingerprint density at radius 2 is 1.94 bits per heavy atom. The summed E-state index contributed by atoms with van der Waals surface area (Å²) >= 11 is 0. The number of nitrogens with zero attached hydrogens (tertiary/aromatic N) is 1. The van der Waals surface area contributed by atoms with E-state index in [-0.39, 0.29) is 24.4 Å². The third-order valence-corrected chi connectivity index (χ3v) is 7.09. The third-order valence-electron chi connectivity index (χ3n) is 7.09. The zero-order valence-corrected chi connectivity index (χ0v) is 19.6. The van der Waals surface area contributed by atoms with Crippen LogP contribution in [0.2, 0.25) is 0 Å². The van der Waals surface area contributed by atoms with Crippen molar-refractivity contribution in [2.45, 2.75) is 50.3 Å². The maximum absolute atomic E-state index is 12.8. The Bertz CT molecular complexity index is 921. The molecule has 1 saturated heterocycles. The summed E-state index contributed by atoms with van der Waals surface area (Å²) in [7, 11) is 4.77. The zero-order chi connectivity index (χ0) is 23.4. The van der Waals surface area contributed by atoms with Crippen LogP contribution in [0.1, 0.15) is 49.5 Å². The van der Waals surface area contributed by atoms with Gasteiger partial charge in [-0.3, -0.25) is 9.69 Å². The van der Waals surface area contributed by atoms with E-state index in [0.717, 1.165) is 31.2 Å². The van der Waals surface area contributed by atoms with Gasteiger partial charge in [0.25, 0.3) is 0 Å². The van der Waals surface area contributed by atoms with E-state index >= 15 is 0 Å². The molecule has 0 spiro atoms. The topological polar surface area (TPSA) is 93.4 Å². The summed E-state index contributed by atoms with van der Waals surface area (Å²) in [4.78, 5) is 15.0. The summed E-state index contributed by atoms with van der Waals surface area (Å²) in [5.41, 5.74) is 0.220. The fourth-order valence-corrected chi connectivity index (χ4v) is 5.47. The Kier molecular flexibility index (Phi) is 7.14. The molecule has 0 unspecified atom stereocenters. The number of carbonyl (C=O) groups is 1. The van der Waals surface area contributed by atoms with Gasteiger partial charge in [0.05, 0.1) is 46.3 Å². The lowest BCUT2D eigenvalue weighted by Crippen LogP contribution is -2.56. The quantitative estimate of drug-likeness (QED) is 0.627. The number of furan rings is 1. The van der Waals surface area contributed by atoms with Crippen molar-refractivity contribution in [3.63, 3.8) is 0 Å². The molecule has 2 heterocycles. The fourth-order valence-electron chi connectivity index (χ4n) is 5.47. The summed E-state index contributed by atoms with van der Waals surface area (Å²) in [6.45, 7) is 1.21. The number of methoxy groups -OCH3 is 3. The lowest BCUT2D eigenvalue weighted by Gasteiger charge is -2.52. The summed E-state index contributed by atoms with van der Waals surface area (Å²) in [6, 6.07) is 7.38. The van der Waals surface area contributed by atoms with Gasteiger partial charge in [-0.2, -0.15) is 0 Å². The normalized spacial score (nSPS) is 25.2. The molecule has 2 aliphatic rings. The highest BCUT2D eigenvalue weighted by Gasteiger charge is 2.49. The van der Waals surface area contributed by atoms with Crippen LogP contribution in [0.4, 0.5) is 0 Å². The van der Waals surface area contributed by atoms with Gasteiger partial charge in [-0.05, 0) is 49.1 Å². The predicted octanol–water partition coefficient (Wildman–Crippen LogP) is 3.29. The summed E-state index contributed by atoms with van der Waals surface area (Å²) in [5.74, 6) is 2.31. The molecular formula is C25H34N2O6. The first kappa shape index (κ1) is 23.4. The van der Waals surface area contributed by atoms with Crippen LogP contribution in [0.5, 0.6) is 17.2 Å². The van der Waals surface area contributed by atoms with Crippen molar-refractivity contribution in [1.82, 2.24) is 10.2 Å². The van der Waals surface area contributed by atoms with Crippen LogP contribution in [0, 0.1) is 5.92 Å². The van der Waals surface area contributed by atoms with Crippen molar-refractivity contribution in [3.8, 4) is 17.2 Å². The van der Waals surface area contributed by atoms with Gasteiger partial charge in [0.15, 0.2) is 11.5 Å². The number of aliphatic hydroxyl groups is 1. The Labute approximate surface area is 194 Å². The van der Waals surface area contributed by atoms with E-state index in [1.165, 1.54) is 0 Å². The van der Waals surface area contributed by atoms with E-state index < -0.39 is 5.60 Å². The Balaban J connectivity index is 1.64. The third kappa shape index (κ3) is 4.82. The highest BCUT2D eigenvalue weighted by molar-refractivity contribution is 5.78. The molecule has 8 nitrogen and oxygen atoms in total. The van der Waals surface area contributed by atoms with Crippen LogP contribution < -0.4 is 19.5 Å². The Morgan fingerprint density at radius 3 is 2.58 bits per heavy atom. The zero-order valence-electron chi connectivity index (χ0n) is 19.6. The molecule has 8 heteroatoms. The maximum atomic E-state index is 12.8. The molecule has 2 aromatic rings. The van der Waals surface area contributed by atoms with Crippen LogP contribution >= 0.6 is 0 Å². The molecule has 1 aliphatic carbocycles. The highest BCUT2D eigenvalue weighted by Crippen LogP contribution is 2.51. The van der Waals surface area contributed by atoms with E-state index in [9.17, 15) is 9.90 Å². The van der Waals surface area contributed by atoms with Crippen molar-refractivity contribution in [2.24, 2.45) is 5.92 Å². The molecule has 180 valence electrons. The standard InChI is InChI=1S/C25H34N2O6/c1-30-20-13-17(14-21(31-2)24(20)32-3)23-19-8-4-5-9-25(19,29)10-11-27(23)16-22(28)26-15-18-7-6-12-33-18/h6-7,12-14,19,23,29H,4-5,8-11,15-16H2,1-3H3,(H,26,28)/t19-,23-,25-/m0/s1. The first-order valence-corrected chi connectivity index (χ1v) is 11.5. The van der Waals surface area contributed by atoms with Gasteiger partial charge >= 0.3 is 0 Å². The second-order valence-electron chi connectivity index (χ2n) is 8.94. The highest BCUT2D eigenvalue weighted by atomic mass is 16.5. The van der Waals surface area contributed by atoms with Crippen molar-refractivity contribution in [1.29, 1.82) is 0 Å². The van der Waals surface area contributed by atoms with Gasteiger partial charge < -0.3 is 29.1 Å². The van der Waals surface area contributed by atoms with Crippen LogP contribution in [0.3, 0.4) is 0 Å². The molecule has 3 atom stereocenters. The Hall–Kier alpha value is -2.71. The maximum Gasteiger partial charge on any atom is 0.234 e. The van der Waals surface area contributed by atoms with Gasteiger partial charge in [-0.1, -0.05) is 12.8 Å². The molecule has 1 aliphatic heterocycles. The fraction of sp³-hybridized carbons (Fsp3) is 0.560. The smallest absolute Gasteiger partial charge is 0.234 e. The van der Waals surface area contributed by atoms with Crippen molar-refractivity contribution in [3.05, 3.63) is 41.9 Å². The summed E-state index contributed by atoms with van der Waals surface area (Å²) in [5, 5.41) is 14.5. The number of piperidine rings is 1. The molecule has 2 fully saturated rings. The number of benzene rings is 1. The Morgan fingerprint density at radius 1 is 1.18 bits per heavy atom. The van der Waals surface area contributed by atoms with Gasteiger partial charge in [-0.25, -0.2) is 0 Å². The number of rotatable bonds is 8. The second-order valence-corrected chi connectivity index (χ2v) is 8.94. The van der Waals surface area contributed by atoms with Crippen molar-refractivity contribution in [2.75, 3.05) is 34.4 Å². The van der Waals surface area contributed by atoms with Crippen LogP contribution in [-0.4, -0.2) is 55.9 Å². The predicted molar refractivity (Wildman–Crippen MR) is 122 cm³/mol. The minimum absolute atomic E-state index is 0.0145. The van der Waals surface area contributed by atoms with E-state index in [1.54, 1.807) is 33.7 Å². The van der Waals surface area contributed by atoms with Crippen LogP contribution in [-0.2, 0) is 11.3 Å². The lowest BCUT2D eigenvalue weighted by atomic mass is 9.66. The van der Waals surface area contributed by atoms with Gasteiger partial charge in [0.2, 0.25) is 11.7 Å². The number of hydrogen-bond acceptors (Lipinski definition) is 7. The minimum Gasteiger partial charge on any atom is -0.493 e. The van der Waals surface area contributed by atoms with Crippen LogP contribution in [0.25, 0.3) is 0 Å². The molecule has 1 saturated carbocycles. The number of carbonyl (C=O) groups excluding carboxylic acids is 1. The average molecular weight is 459 g/mol. The van der Waals surface area contributed by atoms with Gasteiger partial charge in [-0.15, -0.1) is 0 Å². The van der Waals surface area contributed by atoms with E-state index in [4.69, 9.17) is 18.6 Å². The molecule has 1 aromatic heterocycles. The molecule has 0 radical (unpaired) electrons. The summed E-state index contributed by atoms with van der Waals surface area (Å²) in [6.07, 6.45) is 6.03. The lowest BCUT2D eigenvalue weighted by molar-refractivity contribution is -0.138. The largest absolute Gasteiger partial charge is 0.493 e. The molecule has 4 rings (SSSR count). The number of fused-ring (bicyclic) bond motifs is 1. The van der Waals surface area contributed by atoms with Gasteiger partial charge in [0, 0.05) is 18.5 Å². The number of ether oxygens (including phenoxy) is 3. The van der Waals surface area contributed by atoms with Gasteiger partial charge in [0.1, 0.15) is 5.76 Å². The SMILES string of the molecule is COc1cc([C@H]2[C@@H]3CCCC[C@]3(O)CCN2CC(=O)NCc2ccco2)cc(OC)c1OC. The van der Waals surface area contributed by atoms with E-state index in [1.807, 2.05) is 18.2 Å². The second kappa shape index (κ2) is 10.1. The molecule has 2 N–H and O–H groups in total. The number of hydrogen-bond donors (Lipinski definition) is 2. The van der Waals surface area contributed by atoms with Crippen molar-refractivity contribution < 1.29 is 28.5 Å². The number of amides is 1. The molecule has 1 amide bonds. The monoisotopic (exact) mass is 458 g/mol. The van der Waals surface area contributed by atoms with Crippen LogP contribution in [0.15, 0.2) is 34.9 Å². The molecule has 0 bridgehead atoms. The molecular weight excluding hydrogens is 424 g/mol. The minimum atomic E-state index is -0.732. The molecule has 1 aromatic carbocycles. The number of nitrogens with one attached hydrogen (secondary N) is 1. The first-order chi connectivity index (χ1) is 16.0. The van der Waals surface area contributed by atoms with E-state index in [2.05, 4.69) is 10.2 Å². The average Bonchev–Trinajstić information content (AvgIpc) is 3.35. The van der Waals surface area contributed by atoms with E-state index in [0.29, 0.717) is 42.5 Å². The van der Waals surface area contributed by atoms with Crippen molar-refractivity contribution >= 4 is 5.91 Å². The number of likely N-dealkylation sites (tertiary alicyclic amines) is 1. The summed E-state index contributed by atoms with van der Waals surface area (Å²) < 4.78 is 22.0. The first-order valence-electron chi connectivity index (χ1n) is 11.5.